The second-order valence-corrected chi connectivity index (χ2v) is 5.60. The van der Waals surface area contributed by atoms with Crippen molar-refractivity contribution in [2.75, 3.05) is 13.7 Å². The highest BCUT2D eigenvalue weighted by Crippen LogP contribution is 2.24. The fraction of sp³-hybridized carbons (Fsp3) is 0.562. The summed E-state index contributed by atoms with van der Waals surface area (Å²) in [5, 5.41) is 3.04. The van der Waals surface area contributed by atoms with E-state index in [0.717, 1.165) is 19.3 Å². The van der Waals surface area contributed by atoms with Crippen molar-refractivity contribution in [3.63, 3.8) is 0 Å². The topological polar surface area (TPSA) is 64.3 Å². The predicted octanol–water partition coefficient (Wildman–Crippen LogP) is 2.01. The molecule has 2 rings (SSSR count). The van der Waals surface area contributed by atoms with Crippen LogP contribution in [0.5, 0.6) is 5.75 Å². The van der Waals surface area contributed by atoms with Crippen molar-refractivity contribution in [2.24, 2.45) is 11.7 Å². The van der Waals surface area contributed by atoms with Gasteiger partial charge in [-0.25, -0.2) is 4.39 Å². The Bertz CT molecular complexity index is 493. The van der Waals surface area contributed by atoms with Crippen LogP contribution in [0.4, 0.5) is 4.39 Å². The molecule has 1 aliphatic rings. The minimum atomic E-state index is -0.444. The molecule has 3 N–H and O–H groups in total. The highest BCUT2D eigenvalue weighted by atomic mass is 19.1. The highest BCUT2D eigenvalue weighted by Gasteiger charge is 2.25. The lowest BCUT2D eigenvalue weighted by molar-refractivity contribution is -0.121. The number of amides is 1. The monoisotopic (exact) mass is 294 g/mol. The number of benzene rings is 1. The molecule has 1 aromatic carbocycles. The second kappa shape index (κ2) is 7.41. The fourth-order valence-electron chi connectivity index (χ4n) is 2.94. The molecule has 1 amide bonds. The van der Waals surface area contributed by atoms with E-state index in [1.807, 2.05) is 0 Å². The van der Waals surface area contributed by atoms with Crippen LogP contribution < -0.4 is 15.8 Å². The Morgan fingerprint density at radius 3 is 2.86 bits per heavy atom. The van der Waals surface area contributed by atoms with Gasteiger partial charge < -0.3 is 15.8 Å². The molecule has 5 heteroatoms. The quantitative estimate of drug-likeness (QED) is 0.873. The van der Waals surface area contributed by atoms with Gasteiger partial charge in [-0.3, -0.25) is 4.79 Å². The van der Waals surface area contributed by atoms with Crippen molar-refractivity contribution in [3.8, 4) is 5.75 Å². The summed E-state index contributed by atoms with van der Waals surface area (Å²) in [5.74, 6) is 0.0233. The molecule has 0 saturated heterocycles. The van der Waals surface area contributed by atoms with Crippen molar-refractivity contribution in [1.82, 2.24) is 5.32 Å². The Hall–Kier alpha value is -1.62. The van der Waals surface area contributed by atoms with Crippen molar-refractivity contribution in [3.05, 3.63) is 29.6 Å². The number of hydrogen-bond acceptors (Lipinski definition) is 3. The van der Waals surface area contributed by atoms with Gasteiger partial charge in [-0.1, -0.05) is 18.9 Å². The molecule has 1 fully saturated rings. The first kappa shape index (κ1) is 15.8. The lowest BCUT2D eigenvalue weighted by atomic mass is 9.84. The Labute approximate surface area is 124 Å². The van der Waals surface area contributed by atoms with E-state index in [-0.39, 0.29) is 24.1 Å². The summed E-state index contributed by atoms with van der Waals surface area (Å²) in [7, 11) is 1.42. The van der Waals surface area contributed by atoms with Crippen LogP contribution in [-0.2, 0) is 11.2 Å². The van der Waals surface area contributed by atoms with Gasteiger partial charge in [0.15, 0.2) is 11.6 Å². The Balaban J connectivity index is 1.93. The van der Waals surface area contributed by atoms with E-state index in [1.54, 1.807) is 12.1 Å². The second-order valence-electron chi connectivity index (χ2n) is 5.60. The maximum Gasteiger partial charge on any atom is 0.224 e. The minimum Gasteiger partial charge on any atom is -0.494 e. The zero-order valence-corrected chi connectivity index (χ0v) is 12.4. The largest absolute Gasteiger partial charge is 0.494 e. The van der Waals surface area contributed by atoms with Crippen molar-refractivity contribution < 1.29 is 13.9 Å². The molecule has 0 radical (unpaired) electrons. The number of ether oxygens (including phenoxy) is 1. The number of carbonyl (C=O) groups is 1. The van der Waals surface area contributed by atoms with Crippen LogP contribution in [0, 0.1) is 11.7 Å². The van der Waals surface area contributed by atoms with Gasteiger partial charge in [-0.2, -0.15) is 0 Å². The molecule has 21 heavy (non-hydrogen) atoms. The maximum atomic E-state index is 13.6. The van der Waals surface area contributed by atoms with Crippen LogP contribution in [0.1, 0.15) is 31.2 Å². The summed E-state index contributed by atoms with van der Waals surface area (Å²) in [6.07, 6.45) is 4.52. The average molecular weight is 294 g/mol. The van der Waals surface area contributed by atoms with Crippen molar-refractivity contribution in [2.45, 2.75) is 38.1 Å². The van der Waals surface area contributed by atoms with Crippen LogP contribution in [0.3, 0.4) is 0 Å². The predicted molar refractivity (Wildman–Crippen MR) is 79.6 cm³/mol. The van der Waals surface area contributed by atoms with Gasteiger partial charge in [0.2, 0.25) is 5.91 Å². The maximum absolute atomic E-state index is 13.6. The number of carbonyl (C=O) groups excluding carboxylic acids is 1. The molecule has 4 nitrogen and oxygen atoms in total. The number of halogens is 1. The SMILES string of the molecule is COc1ccc(CC(=O)NC2CCCCC2CN)cc1F. The Kier molecular flexibility index (Phi) is 5.56. The Morgan fingerprint density at radius 2 is 2.19 bits per heavy atom. The summed E-state index contributed by atoms with van der Waals surface area (Å²) < 4.78 is 18.5. The van der Waals surface area contributed by atoms with Crippen LogP contribution in [0.2, 0.25) is 0 Å². The van der Waals surface area contributed by atoms with Gasteiger partial charge in [0.05, 0.1) is 13.5 Å². The zero-order chi connectivity index (χ0) is 15.2. The highest BCUT2D eigenvalue weighted by molar-refractivity contribution is 5.79. The molecule has 0 spiro atoms. The van der Waals surface area contributed by atoms with Crippen LogP contribution in [0.15, 0.2) is 18.2 Å². The molecule has 0 aromatic heterocycles. The average Bonchev–Trinajstić information content (AvgIpc) is 2.48. The molecule has 2 unspecified atom stereocenters. The number of nitrogens with one attached hydrogen (secondary N) is 1. The summed E-state index contributed by atoms with van der Waals surface area (Å²) in [4.78, 5) is 12.1. The zero-order valence-electron chi connectivity index (χ0n) is 12.4. The van der Waals surface area contributed by atoms with Gasteiger partial charge >= 0.3 is 0 Å². The smallest absolute Gasteiger partial charge is 0.224 e. The molecular weight excluding hydrogens is 271 g/mol. The minimum absolute atomic E-state index is 0.0788. The first-order chi connectivity index (χ1) is 10.1. The third kappa shape index (κ3) is 4.17. The molecule has 1 saturated carbocycles. The van der Waals surface area contributed by atoms with Gasteiger partial charge in [0.1, 0.15) is 0 Å². The molecule has 1 aliphatic carbocycles. The van der Waals surface area contributed by atoms with Crippen molar-refractivity contribution in [1.29, 1.82) is 0 Å². The van der Waals surface area contributed by atoms with Gasteiger partial charge in [0, 0.05) is 6.04 Å². The van der Waals surface area contributed by atoms with E-state index >= 15 is 0 Å². The summed E-state index contributed by atoms with van der Waals surface area (Å²) in [6.45, 7) is 0.599. The summed E-state index contributed by atoms with van der Waals surface area (Å²) in [6, 6.07) is 4.75. The third-order valence-corrected chi connectivity index (χ3v) is 4.14. The molecule has 0 bridgehead atoms. The standard InChI is InChI=1S/C16H23FN2O2/c1-21-15-7-6-11(8-13(15)17)9-16(20)19-14-5-3-2-4-12(14)10-18/h6-8,12,14H,2-5,9-10,18H2,1H3,(H,19,20). The molecule has 0 aliphatic heterocycles. The summed E-state index contributed by atoms with van der Waals surface area (Å²) in [5.41, 5.74) is 6.40. The molecule has 116 valence electrons. The third-order valence-electron chi connectivity index (χ3n) is 4.14. The van der Waals surface area contributed by atoms with Crippen LogP contribution in [0.25, 0.3) is 0 Å². The molecule has 1 aromatic rings. The first-order valence-electron chi connectivity index (χ1n) is 7.46. The number of rotatable bonds is 5. The molecule has 0 heterocycles. The van der Waals surface area contributed by atoms with E-state index in [4.69, 9.17) is 10.5 Å². The van der Waals surface area contributed by atoms with Crippen LogP contribution in [-0.4, -0.2) is 25.6 Å². The molecule has 2 atom stereocenters. The van der Waals surface area contributed by atoms with E-state index < -0.39 is 5.82 Å². The first-order valence-corrected chi connectivity index (χ1v) is 7.46. The lowest BCUT2D eigenvalue weighted by Crippen LogP contribution is -2.45. The van der Waals surface area contributed by atoms with Crippen LogP contribution >= 0.6 is 0 Å². The van der Waals surface area contributed by atoms with E-state index in [9.17, 15) is 9.18 Å². The summed E-state index contributed by atoms with van der Waals surface area (Å²) >= 11 is 0. The lowest BCUT2D eigenvalue weighted by Gasteiger charge is -2.31. The number of hydrogen-bond donors (Lipinski definition) is 2. The number of methoxy groups -OCH3 is 1. The van der Waals surface area contributed by atoms with Gasteiger partial charge in [-0.05, 0) is 43.0 Å². The Morgan fingerprint density at radius 1 is 1.43 bits per heavy atom. The van der Waals surface area contributed by atoms with E-state index in [1.165, 1.54) is 19.6 Å². The van der Waals surface area contributed by atoms with E-state index in [0.29, 0.717) is 18.0 Å². The fourth-order valence-corrected chi connectivity index (χ4v) is 2.94. The van der Waals surface area contributed by atoms with Gasteiger partial charge in [0.25, 0.3) is 0 Å². The molecular formula is C16H23FN2O2. The van der Waals surface area contributed by atoms with Gasteiger partial charge in [-0.15, -0.1) is 0 Å². The number of nitrogens with two attached hydrogens (primary N) is 1. The van der Waals surface area contributed by atoms with E-state index in [2.05, 4.69) is 5.32 Å². The van der Waals surface area contributed by atoms with Crippen molar-refractivity contribution >= 4 is 5.91 Å². The normalized spacial score (nSPS) is 21.9.